The quantitative estimate of drug-likeness (QED) is 0.484. The monoisotopic (exact) mass is 307 g/mol. The minimum atomic E-state index is -0.593. The summed E-state index contributed by atoms with van der Waals surface area (Å²) in [5.41, 5.74) is -0.0928. The molecule has 0 aliphatic carbocycles. The van der Waals surface area contributed by atoms with Crippen LogP contribution in [0.1, 0.15) is 10.4 Å². The summed E-state index contributed by atoms with van der Waals surface area (Å²) in [6.45, 7) is 2.98. The predicted molar refractivity (Wildman–Crippen MR) is 79.3 cm³/mol. The van der Waals surface area contributed by atoms with E-state index in [-0.39, 0.29) is 22.2 Å². The van der Waals surface area contributed by atoms with Crippen LogP contribution in [0, 0.1) is 22.5 Å². The lowest BCUT2D eigenvalue weighted by Gasteiger charge is -2.33. The molecule has 110 valence electrons. The van der Waals surface area contributed by atoms with Gasteiger partial charge in [-0.2, -0.15) is 0 Å². The second-order valence-corrected chi connectivity index (χ2v) is 5.05. The summed E-state index contributed by atoms with van der Waals surface area (Å²) in [6, 6.07) is 4.25. The fraction of sp³-hybridized carbons (Fsp3) is 0.357. The molecule has 1 aromatic rings. The number of nitrogens with zero attached hydrogens (tertiary/aromatic N) is 3. The molecule has 21 heavy (non-hydrogen) atoms. The van der Waals surface area contributed by atoms with E-state index in [1.165, 1.54) is 18.2 Å². The molecule has 0 saturated carbocycles. The van der Waals surface area contributed by atoms with Crippen LogP contribution >= 0.6 is 11.6 Å². The summed E-state index contributed by atoms with van der Waals surface area (Å²) < 4.78 is 0. The molecule has 1 aliphatic heterocycles. The summed E-state index contributed by atoms with van der Waals surface area (Å²) >= 11 is 5.97. The Morgan fingerprint density at radius 1 is 1.38 bits per heavy atom. The van der Waals surface area contributed by atoms with E-state index in [0.717, 1.165) is 0 Å². The Labute approximate surface area is 127 Å². The molecule has 0 radical (unpaired) electrons. The van der Waals surface area contributed by atoms with Crippen molar-refractivity contribution < 1.29 is 9.72 Å². The Balaban J connectivity index is 2.13. The Morgan fingerprint density at radius 3 is 2.62 bits per heavy atom. The summed E-state index contributed by atoms with van der Waals surface area (Å²) in [7, 11) is 0. The van der Waals surface area contributed by atoms with Crippen LogP contribution in [0.3, 0.4) is 0 Å². The van der Waals surface area contributed by atoms with Gasteiger partial charge in [-0.25, -0.2) is 0 Å². The third kappa shape index (κ3) is 3.32. The van der Waals surface area contributed by atoms with Crippen molar-refractivity contribution in [3.8, 4) is 12.3 Å². The molecule has 0 bridgehead atoms. The standard InChI is InChI=1S/C14H14ClN3O3/c1-2-6-16-7-9-17(10-8-16)14(19)11-4-3-5-12(13(11)15)18(20)21/h1,3-5H,6-10H2. The van der Waals surface area contributed by atoms with Gasteiger partial charge in [0.1, 0.15) is 5.02 Å². The molecule has 2 rings (SSSR count). The highest BCUT2D eigenvalue weighted by Crippen LogP contribution is 2.28. The van der Waals surface area contributed by atoms with Crippen LogP contribution in [-0.2, 0) is 0 Å². The van der Waals surface area contributed by atoms with E-state index in [0.29, 0.717) is 32.7 Å². The van der Waals surface area contributed by atoms with Gasteiger partial charge in [-0.05, 0) is 6.07 Å². The van der Waals surface area contributed by atoms with E-state index < -0.39 is 4.92 Å². The van der Waals surface area contributed by atoms with Crippen molar-refractivity contribution in [2.24, 2.45) is 0 Å². The van der Waals surface area contributed by atoms with Gasteiger partial charge in [0.15, 0.2) is 0 Å². The van der Waals surface area contributed by atoms with Gasteiger partial charge in [0.2, 0.25) is 0 Å². The number of halogens is 1. The second kappa shape index (κ2) is 6.57. The van der Waals surface area contributed by atoms with E-state index in [1.54, 1.807) is 4.90 Å². The first kappa shape index (κ1) is 15.3. The van der Waals surface area contributed by atoms with Gasteiger partial charge < -0.3 is 4.90 Å². The Kier molecular flexibility index (Phi) is 4.78. The van der Waals surface area contributed by atoms with Gasteiger partial charge in [-0.3, -0.25) is 19.8 Å². The van der Waals surface area contributed by atoms with Crippen molar-refractivity contribution in [3.63, 3.8) is 0 Å². The molecule has 1 aromatic carbocycles. The zero-order valence-electron chi connectivity index (χ0n) is 11.3. The van der Waals surface area contributed by atoms with Crippen molar-refractivity contribution in [3.05, 3.63) is 38.9 Å². The molecule has 0 N–H and O–H groups in total. The Morgan fingerprint density at radius 2 is 2.05 bits per heavy atom. The van der Waals surface area contributed by atoms with Gasteiger partial charge in [0, 0.05) is 32.2 Å². The second-order valence-electron chi connectivity index (χ2n) is 4.67. The summed E-state index contributed by atoms with van der Waals surface area (Å²) in [4.78, 5) is 26.4. The number of carbonyl (C=O) groups excluding carboxylic acids is 1. The lowest BCUT2D eigenvalue weighted by atomic mass is 10.1. The molecule has 0 unspecified atom stereocenters. The normalized spacial score (nSPS) is 15.5. The topological polar surface area (TPSA) is 66.7 Å². The molecule has 1 heterocycles. The summed E-state index contributed by atoms with van der Waals surface area (Å²) in [5.74, 6) is 2.28. The average molecular weight is 308 g/mol. The average Bonchev–Trinajstić information content (AvgIpc) is 2.47. The number of nitro groups is 1. The van der Waals surface area contributed by atoms with Crippen LogP contribution in [0.15, 0.2) is 18.2 Å². The Bertz CT molecular complexity index is 604. The highest BCUT2D eigenvalue weighted by molar-refractivity contribution is 6.35. The number of hydrogen-bond acceptors (Lipinski definition) is 4. The highest BCUT2D eigenvalue weighted by Gasteiger charge is 2.26. The fourth-order valence-electron chi connectivity index (χ4n) is 2.23. The van der Waals surface area contributed by atoms with Gasteiger partial charge in [0.25, 0.3) is 11.6 Å². The number of piperazine rings is 1. The van der Waals surface area contributed by atoms with Crippen LogP contribution in [0.4, 0.5) is 5.69 Å². The summed E-state index contributed by atoms with van der Waals surface area (Å²) in [6.07, 6.45) is 5.26. The highest BCUT2D eigenvalue weighted by atomic mass is 35.5. The van der Waals surface area contributed by atoms with Crippen molar-refractivity contribution >= 4 is 23.2 Å². The maximum absolute atomic E-state index is 12.4. The molecule has 0 spiro atoms. The molecule has 7 heteroatoms. The van der Waals surface area contributed by atoms with Gasteiger partial charge in [-0.1, -0.05) is 23.6 Å². The van der Waals surface area contributed by atoms with E-state index in [1.807, 2.05) is 0 Å². The SMILES string of the molecule is C#CCN1CCN(C(=O)c2cccc([N+](=O)[O-])c2Cl)CC1. The van der Waals surface area contributed by atoms with Gasteiger partial charge in [0.05, 0.1) is 17.0 Å². The summed E-state index contributed by atoms with van der Waals surface area (Å²) in [5, 5.41) is 10.7. The zero-order valence-corrected chi connectivity index (χ0v) is 12.0. The van der Waals surface area contributed by atoms with Gasteiger partial charge in [-0.15, -0.1) is 6.42 Å². The zero-order chi connectivity index (χ0) is 15.4. The number of benzene rings is 1. The third-order valence-corrected chi connectivity index (χ3v) is 3.78. The van der Waals surface area contributed by atoms with Crippen molar-refractivity contribution in [2.45, 2.75) is 0 Å². The maximum Gasteiger partial charge on any atom is 0.288 e. The van der Waals surface area contributed by atoms with Crippen molar-refractivity contribution in [1.82, 2.24) is 9.80 Å². The minimum absolute atomic E-state index is 0.112. The van der Waals surface area contributed by atoms with Crippen molar-refractivity contribution in [1.29, 1.82) is 0 Å². The third-order valence-electron chi connectivity index (χ3n) is 3.38. The van der Waals surface area contributed by atoms with E-state index >= 15 is 0 Å². The van der Waals surface area contributed by atoms with E-state index in [4.69, 9.17) is 18.0 Å². The Hall–Kier alpha value is -2.10. The number of carbonyl (C=O) groups is 1. The lowest BCUT2D eigenvalue weighted by Crippen LogP contribution is -2.48. The number of terminal acetylenes is 1. The maximum atomic E-state index is 12.4. The van der Waals surface area contributed by atoms with Crippen LogP contribution in [0.2, 0.25) is 5.02 Å². The van der Waals surface area contributed by atoms with Crippen LogP contribution in [0.25, 0.3) is 0 Å². The smallest absolute Gasteiger partial charge is 0.288 e. The molecular formula is C14H14ClN3O3. The molecule has 1 amide bonds. The van der Waals surface area contributed by atoms with E-state index in [9.17, 15) is 14.9 Å². The fourth-order valence-corrected chi connectivity index (χ4v) is 2.51. The lowest BCUT2D eigenvalue weighted by molar-refractivity contribution is -0.384. The van der Waals surface area contributed by atoms with Crippen molar-refractivity contribution in [2.75, 3.05) is 32.7 Å². The van der Waals surface area contributed by atoms with Crippen LogP contribution in [-0.4, -0.2) is 53.4 Å². The largest absolute Gasteiger partial charge is 0.336 e. The molecule has 1 aliphatic rings. The molecule has 0 aromatic heterocycles. The van der Waals surface area contributed by atoms with Gasteiger partial charge >= 0.3 is 0 Å². The van der Waals surface area contributed by atoms with Crippen LogP contribution in [0.5, 0.6) is 0 Å². The molecule has 6 nitrogen and oxygen atoms in total. The first-order valence-corrected chi connectivity index (χ1v) is 6.80. The van der Waals surface area contributed by atoms with Crippen LogP contribution < -0.4 is 0 Å². The first-order valence-electron chi connectivity index (χ1n) is 6.42. The number of nitro benzene ring substituents is 1. The number of hydrogen-bond donors (Lipinski definition) is 0. The minimum Gasteiger partial charge on any atom is -0.336 e. The number of amides is 1. The number of rotatable bonds is 3. The van der Waals surface area contributed by atoms with E-state index in [2.05, 4.69) is 10.8 Å². The molecular weight excluding hydrogens is 294 g/mol. The molecule has 0 atom stereocenters. The molecule has 1 saturated heterocycles. The predicted octanol–water partition coefficient (Wildman–Crippen LogP) is 1.64. The first-order chi connectivity index (χ1) is 10.0. The molecule has 1 fully saturated rings.